The van der Waals surface area contributed by atoms with Crippen molar-refractivity contribution in [3.63, 3.8) is 0 Å². The molecule has 9 nitrogen and oxygen atoms in total. The lowest BCUT2D eigenvalue weighted by atomic mass is 9.99. The minimum atomic E-state index is -3.30. The molecular weight excluding hydrogens is 420 g/mol. The van der Waals surface area contributed by atoms with Gasteiger partial charge in [0, 0.05) is 23.7 Å². The summed E-state index contributed by atoms with van der Waals surface area (Å²) in [5, 5.41) is 6.35. The third-order valence-corrected chi connectivity index (χ3v) is 9.04. The van der Waals surface area contributed by atoms with E-state index in [2.05, 4.69) is 15.6 Å². The van der Waals surface area contributed by atoms with Crippen molar-refractivity contribution in [2.45, 2.75) is 56.7 Å². The highest BCUT2D eigenvalue weighted by Crippen LogP contribution is 2.39. The SMILES string of the molecule is O=C(NC1C[C@H]2CC[C@@H](C1)N2S(=O)(=O)CC1CCNCC1)c1ccc2[nH]c(=O)oc2c1. The van der Waals surface area contributed by atoms with Crippen molar-refractivity contribution in [2.24, 2.45) is 5.92 Å². The zero-order valence-corrected chi connectivity index (χ0v) is 18.1. The molecule has 0 spiro atoms. The van der Waals surface area contributed by atoms with Crippen LogP contribution in [0.25, 0.3) is 11.1 Å². The fourth-order valence-corrected chi connectivity index (χ4v) is 7.89. The minimum Gasteiger partial charge on any atom is -0.408 e. The van der Waals surface area contributed by atoms with Crippen LogP contribution in [0.4, 0.5) is 0 Å². The van der Waals surface area contributed by atoms with Gasteiger partial charge in [0.15, 0.2) is 5.58 Å². The van der Waals surface area contributed by atoms with Crippen LogP contribution in [0.5, 0.6) is 0 Å². The lowest BCUT2D eigenvalue weighted by Crippen LogP contribution is -2.53. The summed E-state index contributed by atoms with van der Waals surface area (Å²) in [5.41, 5.74) is 1.31. The third-order valence-electron chi connectivity index (χ3n) is 6.91. The van der Waals surface area contributed by atoms with E-state index in [0.717, 1.165) is 38.8 Å². The van der Waals surface area contributed by atoms with E-state index in [1.165, 1.54) is 0 Å². The molecule has 3 atom stereocenters. The standard InChI is InChI=1S/C21H28N4O5S/c26-20(14-1-4-18-19(9-14)30-21(27)24-18)23-15-10-16-2-3-17(11-15)25(16)31(28,29)12-13-5-7-22-8-6-13/h1,4,9,13,15-17,22H,2-3,5-8,10-12H2,(H,23,26)(H,24,27)/t15?,16-,17+. The Hall–Kier alpha value is -2.17. The van der Waals surface area contributed by atoms with Crippen molar-refractivity contribution in [2.75, 3.05) is 18.8 Å². The van der Waals surface area contributed by atoms with E-state index in [0.29, 0.717) is 29.5 Å². The number of nitrogens with zero attached hydrogens (tertiary/aromatic N) is 1. The van der Waals surface area contributed by atoms with Crippen LogP contribution in [0.3, 0.4) is 0 Å². The van der Waals surface area contributed by atoms with E-state index in [-0.39, 0.29) is 35.7 Å². The van der Waals surface area contributed by atoms with Crippen LogP contribution in [0.2, 0.25) is 0 Å². The number of piperidine rings is 2. The Morgan fingerprint density at radius 1 is 1.13 bits per heavy atom. The maximum absolute atomic E-state index is 13.2. The number of oxazole rings is 1. The largest absolute Gasteiger partial charge is 0.417 e. The van der Waals surface area contributed by atoms with Gasteiger partial charge in [-0.15, -0.1) is 0 Å². The number of sulfonamides is 1. The molecule has 2 aromatic rings. The first-order valence-electron chi connectivity index (χ1n) is 11.0. The van der Waals surface area contributed by atoms with E-state index in [4.69, 9.17) is 4.42 Å². The first-order chi connectivity index (χ1) is 14.9. The summed E-state index contributed by atoms with van der Waals surface area (Å²) in [6, 6.07) is 4.70. The lowest BCUT2D eigenvalue weighted by molar-refractivity contribution is 0.0909. The van der Waals surface area contributed by atoms with E-state index >= 15 is 0 Å². The quantitative estimate of drug-likeness (QED) is 0.631. The average Bonchev–Trinajstić information content (AvgIpc) is 3.24. The number of rotatable bonds is 5. The highest BCUT2D eigenvalue weighted by molar-refractivity contribution is 7.89. The number of hydrogen-bond donors (Lipinski definition) is 3. The Kier molecular flexibility index (Phi) is 5.39. The summed E-state index contributed by atoms with van der Waals surface area (Å²) in [7, 11) is -3.30. The summed E-state index contributed by atoms with van der Waals surface area (Å²) in [6.07, 6.45) is 4.79. The topological polar surface area (TPSA) is 125 Å². The van der Waals surface area contributed by atoms with Crippen LogP contribution >= 0.6 is 0 Å². The van der Waals surface area contributed by atoms with Gasteiger partial charge in [0.05, 0.1) is 11.3 Å². The van der Waals surface area contributed by atoms with Crippen molar-refractivity contribution >= 4 is 27.0 Å². The molecular formula is C21H28N4O5S. The number of aromatic amines is 1. The molecule has 3 saturated heterocycles. The van der Waals surface area contributed by atoms with Gasteiger partial charge in [-0.2, -0.15) is 4.31 Å². The normalized spacial score (nSPS) is 27.5. The molecule has 168 valence electrons. The summed E-state index contributed by atoms with van der Waals surface area (Å²) >= 11 is 0. The highest BCUT2D eigenvalue weighted by atomic mass is 32.2. The summed E-state index contributed by atoms with van der Waals surface area (Å²) in [5.74, 6) is -0.324. The molecule has 2 bridgehead atoms. The Labute approximate surface area is 180 Å². The van der Waals surface area contributed by atoms with Crippen molar-refractivity contribution in [3.05, 3.63) is 34.3 Å². The smallest absolute Gasteiger partial charge is 0.408 e. The molecule has 4 heterocycles. The van der Waals surface area contributed by atoms with Crippen molar-refractivity contribution in [3.8, 4) is 0 Å². The number of amides is 1. The molecule has 31 heavy (non-hydrogen) atoms. The van der Waals surface area contributed by atoms with Crippen LogP contribution in [0.15, 0.2) is 27.4 Å². The summed E-state index contributed by atoms with van der Waals surface area (Å²) in [6.45, 7) is 1.78. The average molecular weight is 449 g/mol. The molecule has 1 unspecified atom stereocenters. The predicted octanol–water partition coefficient (Wildman–Crippen LogP) is 1.18. The first-order valence-corrected chi connectivity index (χ1v) is 12.7. The Balaban J connectivity index is 1.24. The molecule has 1 aromatic carbocycles. The molecule has 3 fully saturated rings. The van der Waals surface area contributed by atoms with E-state index in [1.54, 1.807) is 22.5 Å². The second-order valence-corrected chi connectivity index (χ2v) is 11.0. The van der Waals surface area contributed by atoms with Crippen LogP contribution in [0, 0.1) is 5.92 Å². The molecule has 10 heteroatoms. The number of nitrogens with one attached hydrogen (secondary N) is 3. The lowest BCUT2D eigenvalue weighted by Gasteiger charge is -2.39. The third kappa shape index (κ3) is 4.16. The minimum absolute atomic E-state index is 0.0408. The van der Waals surface area contributed by atoms with Gasteiger partial charge < -0.3 is 15.1 Å². The molecule has 1 amide bonds. The van der Waals surface area contributed by atoms with Gasteiger partial charge in [-0.05, 0) is 75.7 Å². The number of carbonyl (C=O) groups is 1. The number of benzene rings is 1. The van der Waals surface area contributed by atoms with Gasteiger partial charge in [-0.1, -0.05) is 0 Å². The second-order valence-electron chi connectivity index (χ2n) is 9.05. The zero-order chi connectivity index (χ0) is 21.6. The molecule has 3 aliphatic rings. The van der Waals surface area contributed by atoms with E-state index in [9.17, 15) is 18.0 Å². The Morgan fingerprint density at radius 2 is 1.84 bits per heavy atom. The summed E-state index contributed by atoms with van der Waals surface area (Å²) < 4.78 is 33.1. The molecule has 0 saturated carbocycles. The number of carbonyl (C=O) groups excluding carboxylic acids is 1. The van der Waals surface area contributed by atoms with Gasteiger partial charge in [-0.25, -0.2) is 13.2 Å². The Morgan fingerprint density at radius 3 is 2.55 bits per heavy atom. The number of aromatic nitrogens is 1. The molecule has 0 radical (unpaired) electrons. The first kappa shape index (κ1) is 20.7. The highest BCUT2D eigenvalue weighted by Gasteiger charge is 2.47. The van der Waals surface area contributed by atoms with Gasteiger partial charge in [0.2, 0.25) is 10.0 Å². The molecule has 3 N–H and O–H groups in total. The molecule has 1 aromatic heterocycles. The Bertz CT molecular complexity index is 1120. The van der Waals surface area contributed by atoms with Crippen molar-refractivity contribution in [1.29, 1.82) is 0 Å². The number of fused-ring (bicyclic) bond motifs is 3. The molecule has 0 aliphatic carbocycles. The van der Waals surface area contributed by atoms with Crippen LogP contribution < -0.4 is 16.4 Å². The molecule has 5 rings (SSSR count). The second kappa shape index (κ2) is 8.07. The van der Waals surface area contributed by atoms with Crippen molar-refractivity contribution in [1.82, 2.24) is 19.9 Å². The van der Waals surface area contributed by atoms with Crippen LogP contribution in [-0.4, -0.2) is 60.6 Å². The number of hydrogen-bond acceptors (Lipinski definition) is 6. The zero-order valence-electron chi connectivity index (χ0n) is 17.3. The predicted molar refractivity (Wildman–Crippen MR) is 115 cm³/mol. The molecule has 3 aliphatic heterocycles. The van der Waals surface area contributed by atoms with Crippen LogP contribution in [0.1, 0.15) is 48.9 Å². The van der Waals surface area contributed by atoms with Gasteiger partial charge in [0.1, 0.15) is 0 Å². The van der Waals surface area contributed by atoms with Crippen molar-refractivity contribution < 1.29 is 17.6 Å². The van der Waals surface area contributed by atoms with E-state index in [1.807, 2.05) is 0 Å². The number of H-pyrrole nitrogens is 1. The monoisotopic (exact) mass is 448 g/mol. The maximum Gasteiger partial charge on any atom is 0.417 e. The van der Waals surface area contributed by atoms with Gasteiger partial charge >= 0.3 is 5.76 Å². The summed E-state index contributed by atoms with van der Waals surface area (Å²) in [4.78, 5) is 26.6. The van der Waals surface area contributed by atoms with E-state index < -0.39 is 15.8 Å². The maximum atomic E-state index is 13.2. The van der Waals surface area contributed by atoms with Gasteiger partial charge in [-0.3, -0.25) is 9.78 Å². The van der Waals surface area contributed by atoms with Crippen LogP contribution in [-0.2, 0) is 10.0 Å². The van der Waals surface area contributed by atoms with Gasteiger partial charge in [0.25, 0.3) is 5.91 Å². The fraction of sp³-hybridized carbons (Fsp3) is 0.619. The fourth-order valence-electron chi connectivity index (χ4n) is 5.49.